The van der Waals surface area contributed by atoms with Gasteiger partial charge in [0.15, 0.2) is 0 Å². The van der Waals surface area contributed by atoms with Gasteiger partial charge in [0.25, 0.3) is 0 Å². The summed E-state index contributed by atoms with van der Waals surface area (Å²) in [5, 5.41) is 4.30. The lowest BCUT2D eigenvalue weighted by molar-refractivity contribution is 0.401. The number of hydrogen-bond acceptors (Lipinski definition) is 2. The summed E-state index contributed by atoms with van der Waals surface area (Å²) in [4.78, 5) is 0. The lowest BCUT2D eigenvalue weighted by atomic mass is 10.0. The van der Waals surface area contributed by atoms with Crippen LogP contribution >= 0.6 is 0 Å². The highest BCUT2D eigenvalue weighted by molar-refractivity contribution is 5.78. The molecular formula is C16H22FNO. The van der Waals surface area contributed by atoms with Crippen LogP contribution in [-0.2, 0) is 0 Å². The molecule has 1 heterocycles. The predicted octanol–water partition coefficient (Wildman–Crippen LogP) is 4.45. The minimum Gasteiger partial charge on any atom is -0.461 e. The molecule has 2 aromatic rings. The summed E-state index contributed by atoms with van der Waals surface area (Å²) < 4.78 is 18.9. The fraction of sp³-hybridized carbons (Fsp3) is 0.500. The molecule has 1 N–H and O–H groups in total. The van der Waals surface area contributed by atoms with Crippen LogP contribution in [0.5, 0.6) is 0 Å². The molecule has 0 saturated carbocycles. The number of halogens is 1. The van der Waals surface area contributed by atoms with Gasteiger partial charge in [0.05, 0.1) is 0 Å². The van der Waals surface area contributed by atoms with Gasteiger partial charge in [-0.05, 0) is 58.0 Å². The monoisotopic (exact) mass is 263 g/mol. The third-order valence-electron chi connectivity index (χ3n) is 3.22. The van der Waals surface area contributed by atoms with Crippen molar-refractivity contribution in [1.29, 1.82) is 0 Å². The maximum atomic E-state index is 13.1. The highest BCUT2D eigenvalue weighted by atomic mass is 19.1. The Morgan fingerprint density at radius 1 is 1.26 bits per heavy atom. The van der Waals surface area contributed by atoms with Crippen molar-refractivity contribution in [3.8, 4) is 0 Å². The molecule has 0 spiro atoms. The first-order chi connectivity index (χ1) is 8.85. The first-order valence-electron chi connectivity index (χ1n) is 6.79. The van der Waals surface area contributed by atoms with Gasteiger partial charge in [-0.25, -0.2) is 4.39 Å². The topological polar surface area (TPSA) is 25.2 Å². The average molecular weight is 263 g/mol. The lowest BCUT2D eigenvalue weighted by Crippen LogP contribution is -2.36. The van der Waals surface area contributed by atoms with Gasteiger partial charge in [-0.2, -0.15) is 0 Å². The van der Waals surface area contributed by atoms with Gasteiger partial charge < -0.3 is 9.73 Å². The molecule has 2 nitrogen and oxygen atoms in total. The van der Waals surface area contributed by atoms with E-state index in [2.05, 4.69) is 33.0 Å². The fourth-order valence-corrected chi connectivity index (χ4v) is 2.08. The van der Waals surface area contributed by atoms with E-state index in [9.17, 15) is 4.39 Å². The van der Waals surface area contributed by atoms with Crippen LogP contribution in [-0.4, -0.2) is 12.1 Å². The van der Waals surface area contributed by atoms with Crippen molar-refractivity contribution in [2.75, 3.05) is 6.54 Å². The van der Waals surface area contributed by atoms with Crippen molar-refractivity contribution in [3.63, 3.8) is 0 Å². The van der Waals surface area contributed by atoms with E-state index in [0.717, 1.165) is 29.7 Å². The minimum atomic E-state index is -0.220. The highest BCUT2D eigenvalue weighted by Crippen LogP contribution is 2.27. The molecule has 104 valence electrons. The van der Waals surface area contributed by atoms with Crippen LogP contribution in [0.2, 0.25) is 0 Å². The Morgan fingerprint density at radius 3 is 2.68 bits per heavy atom. The zero-order valence-electron chi connectivity index (χ0n) is 12.1. The number of furan rings is 1. The SMILES string of the molecule is CC(CCNC(C)(C)C)c1cc2cc(F)ccc2o1. The summed E-state index contributed by atoms with van der Waals surface area (Å²) in [6.45, 7) is 9.54. The fourth-order valence-electron chi connectivity index (χ4n) is 2.08. The molecule has 0 fully saturated rings. The summed E-state index contributed by atoms with van der Waals surface area (Å²) in [7, 11) is 0. The quantitative estimate of drug-likeness (QED) is 0.881. The maximum absolute atomic E-state index is 13.1. The zero-order chi connectivity index (χ0) is 14.0. The predicted molar refractivity (Wildman–Crippen MR) is 77.0 cm³/mol. The van der Waals surface area contributed by atoms with E-state index in [0.29, 0.717) is 5.92 Å². The second kappa shape index (κ2) is 5.33. The van der Waals surface area contributed by atoms with Gasteiger partial charge in [0, 0.05) is 16.8 Å². The Hall–Kier alpha value is -1.35. The van der Waals surface area contributed by atoms with E-state index in [1.165, 1.54) is 12.1 Å². The Bertz CT molecular complexity index is 553. The summed E-state index contributed by atoms with van der Waals surface area (Å²) >= 11 is 0. The van der Waals surface area contributed by atoms with Crippen LogP contribution in [0, 0.1) is 5.82 Å². The molecule has 0 saturated heterocycles. The zero-order valence-corrected chi connectivity index (χ0v) is 12.1. The maximum Gasteiger partial charge on any atom is 0.134 e. The molecule has 2 rings (SSSR count). The second-order valence-electron chi connectivity index (χ2n) is 6.20. The molecule has 0 aliphatic rings. The van der Waals surface area contributed by atoms with Gasteiger partial charge >= 0.3 is 0 Å². The molecule has 0 bridgehead atoms. The second-order valence-corrected chi connectivity index (χ2v) is 6.20. The third-order valence-corrected chi connectivity index (χ3v) is 3.22. The van der Waals surface area contributed by atoms with Crippen molar-refractivity contribution < 1.29 is 8.81 Å². The van der Waals surface area contributed by atoms with E-state index < -0.39 is 0 Å². The van der Waals surface area contributed by atoms with Crippen LogP contribution in [0.3, 0.4) is 0 Å². The van der Waals surface area contributed by atoms with Gasteiger partial charge in [-0.1, -0.05) is 6.92 Å². The number of fused-ring (bicyclic) bond motifs is 1. The molecule has 3 heteroatoms. The van der Waals surface area contributed by atoms with Crippen molar-refractivity contribution in [3.05, 3.63) is 35.8 Å². The third kappa shape index (κ3) is 3.80. The summed E-state index contributed by atoms with van der Waals surface area (Å²) in [6.07, 6.45) is 1.000. The van der Waals surface area contributed by atoms with E-state index >= 15 is 0 Å². The van der Waals surface area contributed by atoms with Crippen molar-refractivity contribution in [1.82, 2.24) is 5.32 Å². The van der Waals surface area contributed by atoms with Crippen molar-refractivity contribution >= 4 is 11.0 Å². The Kier molecular flexibility index (Phi) is 3.95. The largest absolute Gasteiger partial charge is 0.461 e. The van der Waals surface area contributed by atoms with Crippen molar-refractivity contribution in [2.24, 2.45) is 0 Å². The van der Waals surface area contributed by atoms with Gasteiger partial charge in [0.2, 0.25) is 0 Å². The standard InChI is InChI=1S/C16H22FNO/c1-11(7-8-18-16(2,3)4)15-10-12-9-13(17)5-6-14(12)19-15/h5-6,9-11,18H,7-8H2,1-4H3. The number of rotatable bonds is 4. The van der Waals surface area contributed by atoms with Crippen LogP contribution in [0.1, 0.15) is 45.8 Å². The summed E-state index contributed by atoms with van der Waals surface area (Å²) in [5.74, 6) is 1.03. The normalized spacial score (nSPS) is 13.9. The average Bonchev–Trinajstić information content (AvgIpc) is 2.70. The molecule has 1 unspecified atom stereocenters. The number of hydrogen-bond donors (Lipinski definition) is 1. The highest BCUT2D eigenvalue weighted by Gasteiger charge is 2.14. The van der Waals surface area contributed by atoms with Crippen LogP contribution < -0.4 is 5.32 Å². The van der Waals surface area contributed by atoms with E-state index in [-0.39, 0.29) is 11.4 Å². The van der Waals surface area contributed by atoms with Crippen LogP contribution in [0.25, 0.3) is 11.0 Å². The molecule has 1 aromatic heterocycles. The van der Waals surface area contributed by atoms with Gasteiger partial charge in [0.1, 0.15) is 17.2 Å². The molecule has 1 atom stereocenters. The first-order valence-corrected chi connectivity index (χ1v) is 6.79. The first kappa shape index (κ1) is 14.1. The molecule has 0 aliphatic heterocycles. The number of benzene rings is 1. The molecule has 0 aliphatic carbocycles. The Labute approximate surface area is 114 Å². The molecule has 19 heavy (non-hydrogen) atoms. The lowest BCUT2D eigenvalue weighted by Gasteiger charge is -2.21. The minimum absolute atomic E-state index is 0.136. The Morgan fingerprint density at radius 2 is 2.00 bits per heavy atom. The summed E-state index contributed by atoms with van der Waals surface area (Å²) in [6, 6.07) is 6.58. The molecule has 0 radical (unpaired) electrons. The molecule has 0 amide bonds. The van der Waals surface area contributed by atoms with E-state index in [4.69, 9.17) is 4.42 Å². The van der Waals surface area contributed by atoms with Gasteiger partial charge in [-0.15, -0.1) is 0 Å². The van der Waals surface area contributed by atoms with Crippen LogP contribution in [0.15, 0.2) is 28.7 Å². The van der Waals surface area contributed by atoms with Crippen LogP contribution in [0.4, 0.5) is 4.39 Å². The molecular weight excluding hydrogens is 241 g/mol. The summed E-state index contributed by atoms with van der Waals surface area (Å²) in [5.41, 5.74) is 0.892. The van der Waals surface area contributed by atoms with E-state index in [1.807, 2.05) is 6.07 Å². The van der Waals surface area contributed by atoms with Gasteiger partial charge in [-0.3, -0.25) is 0 Å². The Balaban J connectivity index is 2.03. The van der Waals surface area contributed by atoms with E-state index in [1.54, 1.807) is 6.07 Å². The van der Waals surface area contributed by atoms with Crippen molar-refractivity contribution in [2.45, 2.75) is 45.6 Å². The molecule has 1 aromatic carbocycles. The number of nitrogens with one attached hydrogen (secondary N) is 1. The smallest absolute Gasteiger partial charge is 0.134 e.